The van der Waals surface area contributed by atoms with Gasteiger partial charge in [0.2, 0.25) is 5.91 Å². The SMILES string of the molecule is CC1OCCC1(O)CNC(=O)CC(C)(C)N. The van der Waals surface area contributed by atoms with Crippen LogP contribution in [0.5, 0.6) is 0 Å². The van der Waals surface area contributed by atoms with Crippen molar-refractivity contribution in [1.29, 1.82) is 0 Å². The van der Waals surface area contributed by atoms with Crippen LogP contribution in [0.2, 0.25) is 0 Å². The summed E-state index contributed by atoms with van der Waals surface area (Å²) >= 11 is 0. The second-order valence-electron chi connectivity index (χ2n) is 5.31. The number of carbonyl (C=O) groups excluding carboxylic acids is 1. The van der Waals surface area contributed by atoms with Crippen LogP contribution in [0.25, 0.3) is 0 Å². The van der Waals surface area contributed by atoms with E-state index in [0.29, 0.717) is 13.0 Å². The van der Waals surface area contributed by atoms with Gasteiger partial charge in [0.1, 0.15) is 5.60 Å². The standard InChI is InChI=1S/C11H22N2O3/c1-8-11(15,4-5-16-8)7-13-9(14)6-10(2,3)12/h8,15H,4-7,12H2,1-3H3,(H,13,14). The first-order valence-corrected chi connectivity index (χ1v) is 5.62. The number of rotatable bonds is 4. The molecule has 1 amide bonds. The van der Waals surface area contributed by atoms with Gasteiger partial charge in [0.05, 0.1) is 6.10 Å². The van der Waals surface area contributed by atoms with E-state index in [9.17, 15) is 9.90 Å². The van der Waals surface area contributed by atoms with Crippen LogP contribution in [-0.4, -0.2) is 41.4 Å². The summed E-state index contributed by atoms with van der Waals surface area (Å²) < 4.78 is 5.28. The Morgan fingerprint density at radius 2 is 2.31 bits per heavy atom. The van der Waals surface area contributed by atoms with Crippen LogP contribution in [0.4, 0.5) is 0 Å². The summed E-state index contributed by atoms with van der Waals surface area (Å²) in [4.78, 5) is 11.5. The van der Waals surface area contributed by atoms with Gasteiger partial charge in [-0.3, -0.25) is 4.79 Å². The van der Waals surface area contributed by atoms with Gasteiger partial charge in [-0.1, -0.05) is 0 Å². The van der Waals surface area contributed by atoms with Crippen LogP contribution >= 0.6 is 0 Å². The van der Waals surface area contributed by atoms with Crippen LogP contribution < -0.4 is 11.1 Å². The Morgan fingerprint density at radius 1 is 1.69 bits per heavy atom. The van der Waals surface area contributed by atoms with Crippen molar-refractivity contribution in [3.8, 4) is 0 Å². The number of nitrogens with two attached hydrogens (primary N) is 1. The molecular formula is C11H22N2O3. The van der Waals surface area contributed by atoms with Crippen molar-refractivity contribution in [3.63, 3.8) is 0 Å². The normalized spacial score (nSPS) is 30.4. The molecule has 94 valence electrons. The van der Waals surface area contributed by atoms with Gasteiger partial charge >= 0.3 is 0 Å². The van der Waals surface area contributed by atoms with Crippen LogP contribution in [0, 0.1) is 0 Å². The number of hydrogen-bond donors (Lipinski definition) is 3. The molecule has 0 spiro atoms. The molecule has 1 fully saturated rings. The number of aliphatic hydroxyl groups is 1. The summed E-state index contributed by atoms with van der Waals surface area (Å²) in [5.74, 6) is -0.139. The molecule has 5 heteroatoms. The van der Waals surface area contributed by atoms with Gasteiger partial charge in [-0.15, -0.1) is 0 Å². The molecule has 1 aliphatic heterocycles. The van der Waals surface area contributed by atoms with Crippen molar-refractivity contribution in [2.24, 2.45) is 5.73 Å². The molecule has 4 N–H and O–H groups in total. The van der Waals surface area contributed by atoms with Crippen LogP contribution in [0.1, 0.15) is 33.6 Å². The summed E-state index contributed by atoms with van der Waals surface area (Å²) in [5.41, 5.74) is 4.27. The molecule has 16 heavy (non-hydrogen) atoms. The molecular weight excluding hydrogens is 208 g/mol. The molecule has 0 aromatic rings. The van der Waals surface area contributed by atoms with E-state index >= 15 is 0 Å². The van der Waals surface area contributed by atoms with Crippen LogP contribution in [-0.2, 0) is 9.53 Å². The van der Waals surface area contributed by atoms with E-state index in [1.54, 1.807) is 13.8 Å². The Bertz CT molecular complexity index is 262. The summed E-state index contributed by atoms with van der Waals surface area (Å²) in [6.45, 7) is 6.16. The highest BCUT2D eigenvalue weighted by Gasteiger charge is 2.39. The molecule has 1 rings (SSSR count). The molecule has 0 saturated carbocycles. The van der Waals surface area contributed by atoms with E-state index in [2.05, 4.69) is 5.32 Å². The monoisotopic (exact) mass is 230 g/mol. The van der Waals surface area contributed by atoms with Crippen molar-refractivity contribution in [1.82, 2.24) is 5.32 Å². The van der Waals surface area contributed by atoms with Gasteiger partial charge in [-0.2, -0.15) is 0 Å². The molecule has 0 aromatic carbocycles. The zero-order valence-electron chi connectivity index (χ0n) is 10.2. The lowest BCUT2D eigenvalue weighted by Gasteiger charge is -2.27. The lowest BCUT2D eigenvalue weighted by Crippen LogP contribution is -2.49. The third-order valence-electron chi connectivity index (χ3n) is 2.87. The minimum absolute atomic E-state index is 0.139. The Hall–Kier alpha value is -0.650. The van der Waals surface area contributed by atoms with E-state index in [1.165, 1.54) is 0 Å². The van der Waals surface area contributed by atoms with E-state index in [4.69, 9.17) is 10.5 Å². The summed E-state index contributed by atoms with van der Waals surface area (Å²) in [6, 6.07) is 0. The van der Waals surface area contributed by atoms with Crippen molar-refractivity contribution in [2.45, 2.75) is 50.9 Å². The van der Waals surface area contributed by atoms with E-state index in [0.717, 1.165) is 0 Å². The van der Waals surface area contributed by atoms with Crippen molar-refractivity contribution >= 4 is 5.91 Å². The first-order valence-electron chi connectivity index (χ1n) is 5.62. The molecule has 0 aromatic heterocycles. The van der Waals surface area contributed by atoms with E-state index < -0.39 is 11.1 Å². The minimum atomic E-state index is -0.936. The van der Waals surface area contributed by atoms with Gasteiger partial charge < -0.3 is 20.9 Å². The van der Waals surface area contributed by atoms with Gasteiger partial charge in [0.15, 0.2) is 0 Å². The maximum Gasteiger partial charge on any atom is 0.221 e. The number of ether oxygens (including phenoxy) is 1. The number of hydrogen-bond acceptors (Lipinski definition) is 4. The summed E-state index contributed by atoms with van der Waals surface area (Å²) in [7, 11) is 0. The summed E-state index contributed by atoms with van der Waals surface area (Å²) in [5, 5.41) is 12.8. The second-order valence-corrected chi connectivity index (χ2v) is 5.31. The molecule has 0 bridgehead atoms. The number of amides is 1. The highest BCUT2D eigenvalue weighted by Crippen LogP contribution is 2.24. The fourth-order valence-electron chi connectivity index (χ4n) is 1.73. The third-order valence-corrected chi connectivity index (χ3v) is 2.87. The summed E-state index contributed by atoms with van der Waals surface area (Å²) in [6.07, 6.45) is 0.567. The highest BCUT2D eigenvalue weighted by molar-refractivity contribution is 5.77. The molecule has 1 aliphatic rings. The molecule has 0 aliphatic carbocycles. The predicted molar refractivity (Wildman–Crippen MR) is 60.9 cm³/mol. The molecule has 1 heterocycles. The van der Waals surface area contributed by atoms with Crippen molar-refractivity contribution < 1.29 is 14.6 Å². The first kappa shape index (κ1) is 13.4. The maximum absolute atomic E-state index is 11.5. The molecule has 0 radical (unpaired) electrons. The van der Waals surface area contributed by atoms with Crippen LogP contribution in [0.3, 0.4) is 0 Å². The molecule has 1 saturated heterocycles. The van der Waals surface area contributed by atoms with Crippen molar-refractivity contribution in [2.75, 3.05) is 13.2 Å². The minimum Gasteiger partial charge on any atom is -0.385 e. The quantitative estimate of drug-likeness (QED) is 0.623. The number of nitrogens with one attached hydrogen (secondary N) is 1. The van der Waals surface area contributed by atoms with Gasteiger partial charge in [0.25, 0.3) is 0 Å². The average molecular weight is 230 g/mol. The molecule has 2 unspecified atom stereocenters. The lowest BCUT2D eigenvalue weighted by molar-refractivity contribution is -0.123. The first-order chi connectivity index (χ1) is 7.23. The molecule has 5 nitrogen and oxygen atoms in total. The zero-order chi connectivity index (χ0) is 12.4. The Balaban J connectivity index is 2.37. The van der Waals surface area contributed by atoms with E-state index in [-0.39, 0.29) is 25.0 Å². The lowest BCUT2D eigenvalue weighted by atomic mass is 9.96. The average Bonchev–Trinajstić information content (AvgIpc) is 2.42. The predicted octanol–water partition coefficient (Wildman–Crippen LogP) is -0.230. The van der Waals surface area contributed by atoms with Crippen LogP contribution in [0.15, 0.2) is 0 Å². The van der Waals surface area contributed by atoms with Crippen molar-refractivity contribution in [3.05, 3.63) is 0 Å². The smallest absolute Gasteiger partial charge is 0.221 e. The maximum atomic E-state index is 11.5. The Kier molecular flexibility index (Phi) is 3.93. The van der Waals surface area contributed by atoms with E-state index in [1.807, 2.05) is 6.92 Å². The van der Waals surface area contributed by atoms with Gasteiger partial charge in [0, 0.05) is 31.5 Å². The third kappa shape index (κ3) is 3.73. The number of carbonyl (C=O) groups is 1. The molecule has 2 atom stereocenters. The fraction of sp³-hybridized carbons (Fsp3) is 0.909. The topological polar surface area (TPSA) is 84.6 Å². The van der Waals surface area contributed by atoms with Gasteiger partial charge in [-0.05, 0) is 20.8 Å². The Labute approximate surface area is 96.3 Å². The zero-order valence-corrected chi connectivity index (χ0v) is 10.2. The largest absolute Gasteiger partial charge is 0.385 e. The second kappa shape index (κ2) is 4.69. The fourth-order valence-corrected chi connectivity index (χ4v) is 1.73. The Morgan fingerprint density at radius 3 is 2.75 bits per heavy atom. The van der Waals surface area contributed by atoms with Gasteiger partial charge in [-0.25, -0.2) is 0 Å². The highest BCUT2D eigenvalue weighted by atomic mass is 16.5.